The molecule has 0 aromatic carbocycles. The maximum atomic E-state index is 11.8. The summed E-state index contributed by atoms with van der Waals surface area (Å²) in [7, 11) is 0. The Labute approximate surface area is 112 Å². The summed E-state index contributed by atoms with van der Waals surface area (Å²) in [6.45, 7) is 6.06. The number of hydrogen-bond donors (Lipinski definition) is 2. The van der Waals surface area contributed by atoms with E-state index in [-0.39, 0.29) is 23.9 Å². The molecule has 0 spiro atoms. The predicted molar refractivity (Wildman–Crippen MR) is 76.2 cm³/mol. The molecule has 18 heavy (non-hydrogen) atoms. The molecule has 1 saturated carbocycles. The molecule has 3 nitrogen and oxygen atoms in total. The monoisotopic (exact) mass is 254 g/mol. The Balaban J connectivity index is 2.20. The molecule has 2 atom stereocenters. The second-order valence-corrected chi connectivity index (χ2v) is 6.26. The number of amides is 1. The molecule has 0 aromatic heterocycles. The van der Waals surface area contributed by atoms with Gasteiger partial charge in [-0.1, -0.05) is 46.0 Å². The van der Waals surface area contributed by atoms with Crippen molar-refractivity contribution in [1.29, 1.82) is 0 Å². The first-order valence-electron chi connectivity index (χ1n) is 7.56. The Hall–Kier alpha value is -0.570. The van der Waals surface area contributed by atoms with E-state index in [4.69, 9.17) is 5.73 Å². The lowest BCUT2D eigenvalue weighted by atomic mass is 9.85. The van der Waals surface area contributed by atoms with Gasteiger partial charge in [0.25, 0.3) is 0 Å². The predicted octanol–water partition coefficient (Wildman–Crippen LogP) is 2.83. The molecule has 0 aliphatic heterocycles. The van der Waals surface area contributed by atoms with Crippen LogP contribution in [-0.2, 0) is 4.79 Å². The molecule has 1 amide bonds. The van der Waals surface area contributed by atoms with Crippen LogP contribution in [0.4, 0.5) is 0 Å². The zero-order chi connectivity index (χ0) is 13.5. The summed E-state index contributed by atoms with van der Waals surface area (Å²) in [5.74, 6) is 1.09. The summed E-state index contributed by atoms with van der Waals surface area (Å²) in [5.41, 5.74) is 5.84. The molecule has 1 fully saturated rings. The van der Waals surface area contributed by atoms with Gasteiger partial charge < -0.3 is 11.1 Å². The summed E-state index contributed by atoms with van der Waals surface area (Å²) < 4.78 is 0. The van der Waals surface area contributed by atoms with Crippen LogP contribution in [0.3, 0.4) is 0 Å². The molecule has 1 unspecified atom stereocenters. The number of carbonyl (C=O) groups excluding carboxylic acids is 1. The fraction of sp³-hybridized carbons (Fsp3) is 0.933. The maximum absolute atomic E-state index is 11.8. The Morgan fingerprint density at radius 3 is 2.39 bits per heavy atom. The molecule has 0 radical (unpaired) electrons. The van der Waals surface area contributed by atoms with E-state index in [1.807, 2.05) is 13.8 Å². The van der Waals surface area contributed by atoms with Crippen LogP contribution < -0.4 is 11.1 Å². The first kappa shape index (κ1) is 15.5. The summed E-state index contributed by atoms with van der Waals surface area (Å²) in [6, 6.07) is -0.119. The molecule has 0 bridgehead atoms. The van der Waals surface area contributed by atoms with Crippen LogP contribution in [-0.4, -0.2) is 18.0 Å². The highest BCUT2D eigenvalue weighted by molar-refractivity contribution is 5.81. The Kier molecular flexibility index (Phi) is 6.69. The summed E-state index contributed by atoms with van der Waals surface area (Å²) in [6.07, 6.45) is 9.29. The smallest absolute Gasteiger partial charge is 0.237 e. The number of nitrogens with two attached hydrogens (primary N) is 1. The Bertz CT molecular complexity index is 247. The van der Waals surface area contributed by atoms with E-state index in [0.29, 0.717) is 0 Å². The first-order chi connectivity index (χ1) is 8.50. The van der Waals surface area contributed by atoms with Crippen LogP contribution in [0.25, 0.3) is 0 Å². The summed E-state index contributed by atoms with van der Waals surface area (Å²) in [4.78, 5) is 11.8. The van der Waals surface area contributed by atoms with Gasteiger partial charge in [-0.2, -0.15) is 0 Å². The molecule has 0 aromatic rings. The third kappa shape index (κ3) is 5.38. The lowest BCUT2D eigenvalue weighted by molar-refractivity contribution is -0.123. The third-order valence-electron chi connectivity index (χ3n) is 4.14. The normalized spacial score (nSPS) is 20.7. The number of hydrogen-bond acceptors (Lipinski definition) is 2. The number of rotatable bonds is 6. The Morgan fingerprint density at radius 2 is 1.83 bits per heavy atom. The quantitative estimate of drug-likeness (QED) is 0.766. The summed E-state index contributed by atoms with van der Waals surface area (Å²) in [5, 5.41) is 3.04. The molecule has 1 rings (SSSR count). The number of carbonyl (C=O) groups is 1. The highest BCUT2D eigenvalue weighted by Crippen LogP contribution is 2.27. The van der Waals surface area contributed by atoms with Gasteiger partial charge in [0, 0.05) is 6.04 Å². The molecule has 1 aliphatic rings. The molecule has 106 valence electrons. The minimum atomic E-state index is -0.373. The lowest BCUT2D eigenvalue weighted by Gasteiger charge is -2.24. The SMILES string of the molecule is CC(CCC1CCCCC1)NC(=O)[C@@H](N)C(C)C. The maximum Gasteiger partial charge on any atom is 0.237 e. The third-order valence-corrected chi connectivity index (χ3v) is 4.14. The van der Waals surface area contributed by atoms with Crippen LogP contribution >= 0.6 is 0 Å². The van der Waals surface area contributed by atoms with E-state index in [0.717, 1.165) is 12.3 Å². The minimum absolute atomic E-state index is 0.00106. The minimum Gasteiger partial charge on any atom is -0.352 e. The van der Waals surface area contributed by atoms with Crippen molar-refractivity contribution in [2.24, 2.45) is 17.6 Å². The zero-order valence-corrected chi connectivity index (χ0v) is 12.2. The van der Waals surface area contributed by atoms with Gasteiger partial charge in [0.15, 0.2) is 0 Å². The van der Waals surface area contributed by atoms with Crippen LogP contribution in [0.15, 0.2) is 0 Å². The molecular weight excluding hydrogens is 224 g/mol. The van der Waals surface area contributed by atoms with Gasteiger partial charge in [0.1, 0.15) is 0 Å². The fourth-order valence-electron chi connectivity index (χ4n) is 2.68. The van der Waals surface area contributed by atoms with Gasteiger partial charge in [-0.15, -0.1) is 0 Å². The highest BCUT2D eigenvalue weighted by Gasteiger charge is 2.20. The van der Waals surface area contributed by atoms with Crippen molar-refractivity contribution in [3.05, 3.63) is 0 Å². The van der Waals surface area contributed by atoms with Gasteiger partial charge in [0.05, 0.1) is 6.04 Å². The number of nitrogens with one attached hydrogen (secondary N) is 1. The van der Waals surface area contributed by atoms with Crippen LogP contribution in [0.2, 0.25) is 0 Å². The standard InChI is InChI=1S/C15H30N2O/c1-11(2)14(16)15(18)17-12(3)9-10-13-7-5-4-6-8-13/h11-14H,4-10,16H2,1-3H3,(H,17,18)/t12?,14-/m0/s1. The van der Waals surface area contributed by atoms with Crippen LogP contribution in [0.1, 0.15) is 65.7 Å². The average molecular weight is 254 g/mol. The van der Waals surface area contributed by atoms with Crippen molar-refractivity contribution in [2.75, 3.05) is 0 Å². The first-order valence-corrected chi connectivity index (χ1v) is 7.56. The molecule has 1 aliphatic carbocycles. The van der Waals surface area contributed by atoms with E-state index < -0.39 is 0 Å². The molecule has 0 saturated heterocycles. The topological polar surface area (TPSA) is 55.1 Å². The van der Waals surface area contributed by atoms with E-state index >= 15 is 0 Å². The van der Waals surface area contributed by atoms with Gasteiger partial charge in [-0.3, -0.25) is 4.79 Å². The fourth-order valence-corrected chi connectivity index (χ4v) is 2.68. The van der Waals surface area contributed by atoms with Crippen molar-refractivity contribution >= 4 is 5.91 Å². The molecule has 0 heterocycles. The van der Waals surface area contributed by atoms with E-state index in [1.54, 1.807) is 0 Å². The van der Waals surface area contributed by atoms with Crippen molar-refractivity contribution in [3.63, 3.8) is 0 Å². The van der Waals surface area contributed by atoms with Gasteiger partial charge in [-0.05, 0) is 31.6 Å². The molecule has 3 heteroatoms. The van der Waals surface area contributed by atoms with Gasteiger partial charge in [-0.25, -0.2) is 0 Å². The van der Waals surface area contributed by atoms with Gasteiger partial charge >= 0.3 is 0 Å². The van der Waals surface area contributed by atoms with Crippen molar-refractivity contribution in [1.82, 2.24) is 5.32 Å². The second-order valence-electron chi connectivity index (χ2n) is 6.26. The van der Waals surface area contributed by atoms with Crippen LogP contribution in [0, 0.1) is 11.8 Å². The summed E-state index contributed by atoms with van der Waals surface area (Å²) >= 11 is 0. The zero-order valence-electron chi connectivity index (χ0n) is 12.2. The lowest BCUT2D eigenvalue weighted by Crippen LogP contribution is -2.47. The van der Waals surface area contributed by atoms with Crippen LogP contribution in [0.5, 0.6) is 0 Å². The average Bonchev–Trinajstić information content (AvgIpc) is 2.36. The van der Waals surface area contributed by atoms with Crippen molar-refractivity contribution in [3.8, 4) is 0 Å². The van der Waals surface area contributed by atoms with E-state index in [2.05, 4.69) is 12.2 Å². The van der Waals surface area contributed by atoms with Crippen molar-refractivity contribution < 1.29 is 4.79 Å². The van der Waals surface area contributed by atoms with E-state index in [9.17, 15) is 4.79 Å². The highest BCUT2D eigenvalue weighted by atomic mass is 16.2. The molecular formula is C15H30N2O. The molecule has 3 N–H and O–H groups in total. The Morgan fingerprint density at radius 1 is 1.22 bits per heavy atom. The van der Waals surface area contributed by atoms with E-state index in [1.165, 1.54) is 38.5 Å². The second kappa shape index (κ2) is 7.78. The van der Waals surface area contributed by atoms with Gasteiger partial charge in [0.2, 0.25) is 5.91 Å². The van der Waals surface area contributed by atoms with Crippen molar-refractivity contribution in [2.45, 2.75) is 77.8 Å². The largest absolute Gasteiger partial charge is 0.352 e.